The minimum Gasteiger partial charge on any atom is -0.370 e. The summed E-state index contributed by atoms with van der Waals surface area (Å²) in [6.45, 7) is 6.25. The van der Waals surface area contributed by atoms with Gasteiger partial charge in [-0.1, -0.05) is 20.8 Å². The fourth-order valence-corrected chi connectivity index (χ4v) is 8.27. The van der Waals surface area contributed by atoms with Crippen LogP contribution in [0.15, 0.2) is 30.0 Å². The Bertz CT molecular complexity index is 1950. The molecule has 0 aliphatic heterocycles. The Balaban J connectivity index is 7.08. The van der Waals surface area contributed by atoms with Crippen LogP contribution in [0.3, 0.4) is 0 Å². The molecule has 0 rings (SSSR count). The highest BCUT2D eigenvalue weighted by Crippen LogP contribution is 2.29. The van der Waals surface area contributed by atoms with Crippen molar-refractivity contribution in [2.24, 2.45) is 140 Å². The van der Waals surface area contributed by atoms with Gasteiger partial charge in [0.2, 0.25) is 5.91 Å². The number of ketones is 6. The first-order valence-electron chi connectivity index (χ1n) is 25.6. The van der Waals surface area contributed by atoms with Gasteiger partial charge in [-0.2, -0.15) is 0 Å². The molecule has 0 aliphatic rings. The van der Waals surface area contributed by atoms with Crippen molar-refractivity contribution in [1.29, 1.82) is 0 Å². The SMILES string of the molecule is CCC(CCCN=C(N)N)C(=O)CC(CCCN=C(N)N)C(=O)CC(CCCN=C(N)N)C(=O)CC(CCCN=C(N)N)C(=O)CC(CCCN=C(N)N)C(=O)CC(CCCN=C(N)N)C(=O)NCC(=O)C(C)C. The first-order valence-corrected chi connectivity index (χ1v) is 25.6. The number of carbonyl (C=O) groups excluding carboxylic acids is 7. The standard InChI is InChI=1S/C48H91N19O7/c1-4-30(11-5-17-61-43(49)50)36(68)23-31(12-6-18-62-44(51)52)37(69)24-32(13-7-19-63-45(53)54)38(70)25-33(14-8-20-64-46(55)56)39(71)26-34(15-9-21-65-47(57)58)40(72)27-35(16-10-22-66-48(59)60)42(74)67-28-41(73)29(2)3/h29-35H,4-28H2,1-3H3,(H,67,74)(H4,49,50,61)(H4,51,52,62)(H4,53,54,63)(H4,55,56,64)(H4,57,58,65)(H4,59,60,66). The zero-order chi connectivity index (χ0) is 56.2. The molecule has 0 aromatic heterocycles. The molecule has 0 saturated heterocycles. The molecule has 6 atom stereocenters. The molecule has 0 aromatic rings. The second kappa shape index (κ2) is 38.7. The molecule has 420 valence electrons. The molecule has 0 spiro atoms. The Morgan fingerprint density at radius 1 is 0.338 bits per heavy atom. The first-order chi connectivity index (χ1) is 34.9. The number of nitrogens with one attached hydrogen (secondary N) is 1. The largest absolute Gasteiger partial charge is 0.370 e. The number of aliphatic imine (C=N–C) groups is 6. The maximum atomic E-state index is 14.6. The second-order valence-electron chi connectivity index (χ2n) is 19.0. The summed E-state index contributed by atoms with van der Waals surface area (Å²) in [5.41, 5.74) is 66.5. The Morgan fingerprint density at radius 2 is 0.554 bits per heavy atom. The zero-order valence-electron chi connectivity index (χ0n) is 44.2. The Morgan fingerprint density at radius 3 is 0.784 bits per heavy atom. The van der Waals surface area contributed by atoms with E-state index in [1.165, 1.54) is 0 Å². The van der Waals surface area contributed by atoms with E-state index in [0.29, 0.717) is 51.5 Å². The Labute approximate surface area is 436 Å². The molecule has 1 amide bonds. The van der Waals surface area contributed by atoms with Crippen LogP contribution in [0.4, 0.5) is 0 Å². The lowest BCUT2D eigenvalue weighted by Gasteiger charge is -2.24. The summed E-state index contributed by atoms with van der Waals surface area (Å²) in [5.74, 6) is -8.24. The molecule has 6 unspecified atom stereocenters. The Hall–Kier alpha value is -6.89. The first kappa shape index (κ1) is 67.1. The van der Waals surface area contributed by atoms with Crippen LogP contribution in [0.5, 0.6) is 0 Å². The van der Waals surface area contributed by atoms with E-state index in [4.69, 9.17) is 68.8 Å². The zero-order valence-corrected chi connectivity index (χ0v) is 44.2. The van der Waals surface area contributed by atoms with Crippen molar-refractivity contribution in [2.45, 2.75) is 136 Å². The lowest BCUT2D eigenvalue weighted by Crippen LogP contribution is -2.38. The van der Waals surface area contributed by atoms with E-state index in [2.05, 4.69) is 35.3 Å². The quantitative estimate of drug-likeness (QED) is 0.0189. The molecule has 0 aromatic carbocycles. The molecular weight excluding hydrogens is 955 g/mol. The minimum absolute atomic E-state index is 0.0520. The molecule has 0 fully saturated rings. The number of rotatable bonds is 44. The van der Waals surface area contributed by atoms with E-state index in [-0.39, 0.29) is 181 Å². The third-order valence-corrected chi connectivity index (χ3v) is 12.5. The smallest absolute Gasteiger partial charge is 0.223 e. The maximum Gasteiger partial charge on any atom is 0.223 e. The highest BCUT2D eigenvalue weighted by molar-refractivity contribution is 5.96. The highest BCUT2D eigenvalue weighted by Gasteiger charge is 2.34. The summed E-state index contributed by atoms with van der Waals surface area (Å²) < 4.78 is 0. The van der Waals surface area contributed by atoms with Crippen molar-refractivity contribution in [3.63, 3.8) is 0 Å². The number of amides is 1. The predicted octanol–water partition coefficient (Wildman–Crippen LogP) is -1.45. The van der Waals surface area contributed by atoms with Crippen molar-refractivity contribution in [2.75, 3.05) is 45.8 Å². The normalized spacial score (nSPS) is 13.4. The lowest BCUT2D eigenvalue weighted by molar-refractivity contribution is -0.136. The summed E-state index contributed by atoms with van der Waals surface area (Å²) >= 11 is 0. The molecule has 26 nitrogen and oxygen atoms in total. The molecule has 0 aliphatic carbocycles. The van der Waals surface area contributed by atoms with Crippen molar-refractivity contribution >= 4 is 76.4 Å². The van der Waals surface area contributed by atoms with Crippen molar-refractivity contribution in [3.05, 3.63) is 0 Å². The number of nitrogens with zero attached hydrogens (tertiary/aromatic N) is 6. The van der Waals surface area contributed by atoms with E-state index in [9.17, 15) is 33.6 Å². The van der Waals surface area contributed by atoms with Gasteiger partial charge in [-0.15, -0.1) is 0 Å². The van der Waals surface area contributed by atoms with E-state index < -0.39 is 47.1 Å². The summed E-state index contributed by atoms with van der Waals surface area (Å²) in [6.07, 6.45) is 2.95. The highest BCUT2D eigenvalue weighted by atomic mass is 16.2. The van der Waals surface area contributed by atoms with Gasteiger partial charge in [-0.05, 0) is 83.5 Å². The number of hydrogen-bond donors (Lipinski definition) is 13. The monoisotopic (exact) mass is 1050 g/mol. The van der Waals surface area contributed by atoms with Gasteiger partial charge in [-0.25, -0.2) is 0 Å². The van der Waals surface area contributed by atoms with Crippen molar-refractivity contribution < 1.29 is 33.6 Å². The van der Waals surface area contributed by atoms with E-state index in [1.807, 2.05) is 6.92 Å². The van der Waals surface area contributed by atoms with Crippen LogP contribution < -0.4 is 74.1 Å². The average molecular weight is 1050 g/mol. The molecule has 0 saturated carbocycles. The van der Waals surface area contributed by atoms with Crippen LogP contribution in [0, 0.1) is 41.4 Å². The van der Waals surface area contributed by atoms with Gasteiger partial charge >= 0.3 is 0 Å². The average Bonchev–Trinajstić information content (AvgIpc) is 3.31. The Kier molecular flexibility index (Phi) is 35.1. The number of Topliss-reactive ketones (excluding diaryl/α,β-unsaturated/α-hetero) is 6. The lowest BCUT2D eigenvalue weighted by atomic mass is 9.78. The van der Waals surface area contributed by atoms with Crippen LogP contribution in [-0.2, 0) is 33.6 Å². The molecule has 0 heterocycles. The molecular formula is C48H91N19O7. The van der Waals surface area contributed by atoms with Crippen molar-refractivity contribution in [1.82, 2.24) is 5.32 Å². The molecule has 0 radical (unpaired) electrons. The number of carbonyl (C=O) groups is 7. The van der Waals surface area contributed by atoms with Crippen LogP contribution in [0.25, 0.3) is 0 Å². The third kappa shape index (κ3) is 33.0. The summed E-state index contributed by atoms with van der Waals surface area (Å²) in [4.78, 5) is 122. The second-order valence-corrected chi connectivity index (χ2v) is 19.0. The molecule has 74 heavy (non-hydrogen) atoms. The predicted molar refractivity (Wildman–Crippen MR) is 292 cm³/mol. The third-order valence-electron chi connectivity index (χ3n) is 12.5. The summed E-state index contributed by atoms with van der Waals surface area (Å²) in [7, 11) is 0. The van der Waals surface area contributed by atoms with Crippen LogP contribution in [-0.4, -0.2) is 122 Å². The fraction of sp³-hybridized carbons (Fsp3) is 0.729. The minimum atomic E-state index is -0.943. The molecule has 26 heteroatoms. The maximum absolute atomic E-state index is 14.6. The van der Waals surface area contributed by atoms with Gasteiger partial charge in [0.1, 0.15) is 28.9 Å². The molecule has 0 bridgehead atoms. The number of hydrogen-bond acceptors (Lipinski definition) is 13. The molecule has 25 N–H and O–H groups in total. The van der Waals surface area contributed by atoms with Gasteiger partial charge in [0.25, 0.3) is 0 Å². The van der Waals surface area contributed by atoms with Crippen LogP contribution in [0.1, 0.15) is 136 Å². The van der Waals surface area contributed by atoms with Crippen molar-refractivity contribution in [3.8, 4) is 0 Å². The van der Waals surface area contributed by atoms with Gasteiger partial charge in [0.05, 0.1) is 6.54 Å². The van der Waals surface area contributed by atoms with Crippen LogP contribution in [0.2, 0.25) is 0 Å². The van der Waals surface area contributed by atoms with Gasteiger partial charge in [-0.3, -0.25) is 63.5 Å². The van der Waals surface area contributed by atoms with E-state index in [1.54, 1.807) is 13.8 Å². The van der Waals surface area contributed by atoms with Gasteiger partial charge in [0, 0.05) is 113 Å². The fourth-order valence-electron chi connectivity index (χ4n) is 8.27. The topological polar surface area (TPSA) is 518 Å². The van der Waals surface area contributed by atoms with Crippen LogP contribution >= 0.6 is 0 Å². The number of nitrogens with two attached hydrogens (primary N) is 12. The summed E-state index contributed by atoms with van der Waals surface area (Å²) in [5, 5.41) is 2.65. The number of guanidine groups is 6. The summed E-state index contributed by atoms with van der Waals surface area (Å²) in [6, 6.07) is 0. The van der Waals surface area contributed by atoms with Gasteiger partial charge < -0.3 is 74.1 Å². The van der Waals surface area contributed by atoms with E-state index in [0.717, 1.165) is 0 Å². The van der Waals surface area contributed by atoms with E-state index >= 15 is 0 Å². The van der Waals surface area contributed by atoms with Gasteiger partial charge in [0.15, 0.2) is 41.5 Å².